The van der Waals surface area contributed by atoms with Gasteiger partial charge in [-0.3, -0.25) is 20.1 Å². The number of likely N-dealkylation sites (tertiary alicyclic amines) is 1. The number of hydrogen-bond acceptors (Lipinski definition) is 4. The first-order chi connectivity index (χ1) is 18.0. The number of benzene rings is 2. The van der Waals surface area contributed by atoms with E-state index in [9.17, 15) is 9.18 Å². The SMILES string of the molecule is C[C@@H]1C[C@@]2(CCN1Cc1cccc(OC3CC3)c1)C(=NC1CCCCC1)NC(=O)N2c1cccc(F)c1. The van der Waals surface area contributed by atoms with E-state index >= 15 is 0 Å². The molecular formula is C30H37FN4O2. The number of carbonyl (C=O) groups excluding carboxylic acids is 1. The number of nitrogens with zero attached hydrogens (tertiary/aromatic N) is 3. The minimum Gasteiger partial charge on any atom is -0.490 e. The molecule has 4 aliphatic rings. The Morgan fingerprint density at radius 2 is 1.89 bits per heavy atom. The Labute approximate surface area is 218 Å². The number of amides is 2. The van der Waals surface area contributed by atoms with E-state index in [1.54, 1.807) is 11.0 Å². The molecule has 2 saturated heterocycles. The Hall–Kier alpha value is -2.93. The van der Waals surface area contributed by atoms with Crippen LogP contribution in [0.1, 0.15) is 70.3 Å². The van der Waals surface area contributed by atoms with Gasteiger partial charge < -0.3 is 4.74 Å². The second-order valence-electron chi connectivity index (χ2n) is 11.3. The Morgan fingerprint density at radius 1 is 1.08 bits per heavy atom. The van der Waals surface area contributed by atoms with Gasteiger partial charge in [0.05, 0.1) is 12.1 Å². The molecule has 2 saturated carbocycles. The molecule has 2 aromatic rings. The van der Waals surface area contributed by atoms with Crippen molar-refractivity contribution in [3.8, 4) is 5.75 Å². The summed E-state index contributed by atoms with van der Waals surface area (Å²) in [5.41, 5.74) is 1.24. The highest BCUT2D eigenvalue weighted by molar-refractivity contribution is 6.19. The van der Waals surface area contributed by atoms with Crippen molar-refractivity contribution in [2.75, 3.05) is 11.4 Å². The average Bonchev–Trinajstić information content (AvgIpc) is 3.66. The number of aliphatic imine (C=N–C) groups is 1. The number of halogens is 1. The van der Waals surface area contributed by atoms with Crippen molar-refractivity contribution in [3.05, 3.63) is 59.9 Å². The zero-order chi connectivity index (χ0) is 25.4. The molecule has 2 aliphatic heterocycles. The summed E-state index contributed by atoms with van der Waals surface area (Å²) in [4.78, 5) is 22.8. The van der Waals surface area contributed by atoms with E-state index < -0.39 is 5.54 Å². The lowest BCUT2D eigenvalue weighted by atomic mass is 9.81. The van der Waals surface area contributed by atoms with E-state index in [0.717, 1.165) is 63.2 Å². The number of nitrogens with one attached hydrogen (secondary N) is 1. The Kier molecular flexibility index (Phi) is 6.65. The van der Waals surface area contributed by atoms with Gasteiger partial charge in [0, 0.05) is 24.8 Å². The Morgan fingerprint density at radius 3 is 2.65 bits per heavy atom. The minimum atomic E-state index is -0.588. The Balaban J connectivity index is 1.27. The molecule has 2 aliphatic carbocycles. The van der Waals surface area contributed by atoms with E-state index in [-0.39, 0.29) is 23.9 Å². The van der Waals surface area contributed by atoms with Gasteiger partial charge in [0.15, 0.2) is 0 Å². The summed E-state index contributed by atoms with van der Waals surface area (Å²) in [6.07, 6.45) is 9.92. The van der Waals surface area contributed by atoms with Crippen LogP contribution in [0, 0.1) is 5.82 Å². The fraction of sp³-hybridized carbons (Fsp3) is 0.533. The highest BCUT2D eigenvalue weighted by Gasteiger charge is 2.54. The molecule has 6 nitrogen and oxygen atoms in total. The van der Waals surface area contributed by atoms with Gasteiger partial charge in [0.1, 0.15) is 22.9 Å². The van der Waals surface area contributed by atoms with Gasteiger partial charge in [-0.1, -0.05) is 37.5 Å². The molecule has 37 heavy (non-hydrogen) atoms. The molecule has 0 unspecified atom stereocenters. The van der Waals surface area contributed by atoms with Crippen LogP contribution in [0.4, 0.5) is 14.9 Å². The number of anilines is 1. The Bertz CT molecular complexity index is 1180. The molecule has 7 heteroatoms. The largest absolute Gasteiger partial charge is 0.490 e. The van der Waals surface area contributed by atoms with Crippen molar-refractivity contribution < 1.29 is 13.9 Å². The van der Waals surface area contributed by atoms with Gasteiger partial charge in [-0.15, -0.1) is 0 Å². The first-order valence-corrected chi connectivity index (χ1v) is 13.9. The summed E-state index contributed by atoms with van der Waals surface area (Å²) in [6.45, 7) is 3.88. The molecule has 0 radical (unpaired) electrons. The topological polar surface area (TPSA) is 57.2 Å². The minimum absolute atomic E-state index is 0.203. The van der Waals surface area contributed by atoms with E-state index in [2.05, 4.69) is 35.3 Å². The zero-order valence-corrected chi connectivity index (χ0v) is 21.7. The highest BCUT2D eigenvalue weighted by atomic mass is 19.1. The predicted octanol–water partition coefficient (Wildman–Crippen LogP) is 6.05. The summed E-state index contributed by atoms with van der Waals surface area (Å²) in [5, 5.41) is 3.13. The number of ether oxygens (including phenoxy) is 1. The van der Waals surface area contributed by atoms with E-state index in [1.807, 2.05) is 12.1 Å². The first kappa shape index (κ1) is 24.4. The third-order valence-electron chi connectivity index (χ3n) is 8.43. The van der Waals surface area contributed by atoms with Crippen LogP contribution < -0.4 is 15.0 Å². The molecule has 196 valence electrons. The number of rotatable bonds is 6. The van der Waals surface area contributed by atoms with Crippen molar-refractivity contribution in [2.24, 2.45) is 4.99 Å². The highest BCUT2D eigenvalue weighted by Crippen LogP contribution is 2.41. The summed E-state index contributed by atoms with van der Waals surface area (Å²) in [5.74, 6) is 1.39. The van der Waals surface area contributed by atoms with Crippen LogP contribution in [0.25, 0.3) is 0 Å². The molecule has 1 spiro atoms. The molecule has 2 amide bonds. The van der Waals surface area contributed by atoms with Crippen LogP contribution in [0.15, 0.2) is 53.5 Å². The number of amidine groups is 1. The van der Waals surface area contributed by atoms with Gasteiger partial charge in [-0.2, -0.15) is 0 Å². The van der Waals surface area contributed by atoms with E-state index in [0.29, 0.717) is 11.8 Å². The fourth-order valence-corrected chi connectivity index (χ4v) is 6.35. The molecule has 0 bridgehead atoms. The third-order valence-corrected chi connectivity index (χ3v) is 8.43. The zero-order valence-electron chi connectivity index (χ0n) is 21.7. The normalized spacial score (nSPS) is 28.2. The van der Waals surface area contributed by atoms with Crippen LogP contribution >= 0.6 is 0 Å². The summed E-state index contributed by atoms with van der Waals surface area (Å²) >= 11 is 0. The quantitative estimate of drug-likeness (QED) is 0.521. The molecule has 0 aromatic heterocycles. The van der Waals surface area contributed by atoms with Gasteiger partial charge in [0.25, 0.3) is 0 Å². The van der Waals surface area contributed by atoms with Gasteiger partial charge in [-0.25, -0.2) is 9.18 Å². The van der Waals surface area contributed by atoms with E-state index in [4.69, 9.17) is 9.73 Å². The van der Waals surface area contributed by atoms with Crippen molar-refractivity contribution >= 4 is 17.6 Å². The second kappa shape index (κ2) is 10.1. The van der Waals surface area contributed by atoms with Crippen molar-refractivity contribution in [3.63, 3.8) is 0 Å². The predicted molar refractivity (Wildman–Crippen MR) is 144 cm³/mol. The number of piperidine rings is 1. The smallest absolute Gasteiger partial charge is 0.328 e. The number of carbonyl (C=O) groups is 1. The van der Waals surface area contributed by atoms with Gasteiger partial charge in [-0.05, 0) is 81.3 Å². The second-order valence-corrected chi connectivity index (χ2v) is 11.3. The number of urea groups is 1. The standard InChI is InChI=1S/C30H37FN4O2/c1-21-19-30(15-16-34(21)20-22-7-5-12-27(17-22)37-26-13-14-26)28(32-24-9-3-2-4-10-24)33-29(36)35(30)25-11-6-8-23(31)18-25/h5-8,11-12,17-18,21,24,26H,2-4,9-10,13-16,19-20H2,1H3,(H,32,33,36)/t21-,30+/m1/s1. The van der Waals surface area contributed by atoms with E-state index in [1.165, 1.54) is 37.0 Å². The molecule has 2 aromatic carbocycles. The fourth-order valence-electron chi connectivity index (χ4n) is 6.35. The lowest BCUT2D eigenvalue weighted by molar-refractivity contribution is 0.123. The third kappa shape index (κ3) is 5.11. The van der Waals surface area contributed by atoms with Crippen LogP contribution in [0.3, 0.4) is 0 Å². The van der Waals surface area contributed by atoms with Crippen molar-refractivity contribution in [1.29, 1.82) is 0 Å². The van der Waals surface area contributed by atoms with Crippen LogP contribution in [-0.4, -0.2) is 47.0 Å². The number of hydrogen-bond donors (Lipinski definition) is 1. The van der Waals surface area contributed by atoms with Crippen molar-refractivity contribution in [1.82, 2.24) is 10.2 Å². The molecule has 2 heterocycles. The van der Waals surface area contributed by atoms with Crippen molar-refractivity contribution in [2.45, 2.75) is 95.0 Å². The lowest BCUT2D eigenvalue weighted by Gasteiger charge is -2.47. The maximum absolute atomic E-state index is 14.3. The summed E-state index contributed by atoms with van der Waals surface area (Å²) < 4.78 is 20.3. The van der Waals surface area contributed by atoms with Gasteiger partial charge in [0.2, 0.25) is 0 Å². The summed E-state index contributed by atoms with van der Waals surface area (Å²) in [7, 11) is 0. The summed E-state index contributed by atoms with van der Waals surface area (Å²) in [6, 6.07) is 15.1. The average molecular weight is 505 g/mol. The molecule has 4 fully saturated rings. The van der Waals surface area contributed by atoms with Crippen LogP contribution in [-0.2, 0) is 6.54 Å². The monoisotopic (exact) mass is 504 g/mol. The lowest BCUT2D eigenvalue weighted by Crippen LogP contribution is -2.59. The molecule has 1 N–H and O–H groups in total. The molecule has 6 rings (SSSR count). The van der Waals surface area contributed by atoms with Crippen LogP contribution in [0.5, 0.6) is 5.75 Å². The van der Waals surface area contributed by atoms with Crippen LogP contribution in [0.2, 0.25) is 0 Å². The molecular weight excluding hydrogens is 467 g/mol. The first-order valence-electron chi connectivity index (χ1n) is 13.9. The maximum Gasteiger partial charge on any atom is 0.328 e. The molecule has 2 atom stereocenters. The van der Waals surface area contributed by atoms with Gasteiger partial charge >= 0.3 is 6.03 Å². The maximum atomic E-state index is 14.3.